The van der Waals surface area contributed by atoms with E-state index < -0.39 is 7.82 Å². The minimum atomic E-state index is -4.64. The van der Waals surface area contributed by atoms with Gasteiger partial charge in [0.25, 0.3) is 7.82 Å². The lowest BCUT2D eigenvalue weighted by Crippen LogP contribution is -2.35. The van der Waals surface area contributed by atoms with Gasteiger partial charge in [-0.2, -0.15) is 0 Å². The number of guanidine groups is 1. The van der Waals surface area contributed by atoms with Crippen LogP contribution in [0.5, 0.6) is 0 Å². The molecule has 8 heteroatoms. The van der Waals surface area contributed by atoms with Crippen LogP contribution in [0, 0.1) is 12.8 Å². The summed E-state index contributed by atoms with van der Waals surface area (Å²) in [7, 11) is -3.14. The van der Waals surface area contributed by atoms with E-state index in [2.05, 4.69) is 4.52 Å². The maximum absolute atomic E-state index is 10.0. The lowest BCUT2D eigenvalue weighted by molar-refractivity contribution is -0.219. The normalized spacial score (nSPS) is 14.1. The highest BCUT2D eigenvalue weighted by Crippen LogP contribution is 2.29. The van der Waals surface area contributed by atoms with E-state index >= 15 is 0 Å². The quantitative estimate of drug-likeness (QED) is 0.231. The summed E-state index contributed by atoms with van der Waals surface area (Å²) < 4.78 is 14.1. The van der Waals surface area contributed by atoms with Crippen molar-refractivity contribution < 1.29 is 18.9 Å². The number of nitrogens with zero attached hydrogens (tertiary/aromatic N) is 1. The monoisotopic (exact) mass is 211 g/mol. The van der Waals surface area contributed by atoms with Crippen LogP contribution in [0.3, 0.4) is 0 Å². The average Bonchev–Trinajstić information content (AvgIpc) is 1.84. The molecule has 0 aromatic rings. The van der Waals surface area contributed by atoms with Gasteiger partial charge in [0.05, 0.1) is 6.61 Å². The van der Waals surface area contributed by atoms with Gasteiger partial charge in [-0.1, -0.05) is 0 Å². The van der Waals surface area contributed by atoms with Crippen molar-refractivity contribution in [1.82, 2.24) is 4.90 Å². The molecule has 78 valence electrons. The highest BCUT2D eigenvalue weighted by atomic mass is 31.2. The van der Waals surface area contributed by atoms with Crippen LogP contribution < -0.4 is 10.6 Å². The lowest BCUT2D eigenvalue weighted by atomic mass is 10.6. The van der Waals surface area contributed by atoms with Gasteiger partial charge >= 0.3 is 0 Å². The molecule has 0 spiro atoms. The van der Waals surface area contributed by atoms with E-state index in [0.29, 0.717) is 0 Å². The lowest BCUT2D eigenvalue weighted by Gasteiger charge is -2.19. The molecule has 1 atom stereocenters. The maximum atomic E-state index is 10.0. The Kier molecular flexibility index (Phi) is 6.61. The summed E-state index contributed by atoms with van der Waals surface area (Å²) in [4.78, 5) is 19.5. The zero-order valence-electron chi connectivity index (χ0n) is 7.56. The van der Waals surface area contributed by atoms with Crippen LogP contribution in [-0.4, -0.2) is 36.0 Å². The van der Waals surface area contributed by atoms with Gasteiger partial charge in [-0.15, -0.1) is 0 Å². The number of phosphoric acid groups is 1. The van der Waals surface area contributed by atoms with Crippen LogP contribution in [0.4, 0.5) is 0 Å². The molecule has 13 heavy (non-hydrogen) atoms. The first-order chi connectivity index (χ1) is 5.33. The number of hydrogen-bond donors (Lipinski definition) is 3. The minimum absolute atomic E-state index is 0. The fraction of sp³-hybridized carbons (Fsp3) is 0.600. The smallest absolute Gasteiger partial charge is 0.265 e. The molecule has 0 fully saturated rings. The molecule has 0 aliphatic carbocycles. The molecule has 0 radical (unpaired) electrons. The van der Waals surface area contributed by atoms with Crippen LogP contribution in [0.15, 0.2) is 0 Å². The number of hydrogen-bond acceptors (Lipinski definition) is 4. The van der Waals surface area contributed by atoms with E-state index in [1.807, 2.05) is 0 Å². The Balaban J connectivity index is 0. The van der Waals surface area contributed by atoms with E-state index in [4.69, 9.17) is 16.0 Å². The standard InChI is InChI=1S/C4H12N3O4P.CH3/c1-7(4(5)6)2-3-11-12(8,9)10;/h2-3H2,1H3,(H3,5,6)(H2,8,9,10);1H3/q;+1/p-1. The highest BCUT2D eigenvalue weighted by molar-refractivity contribution is 7.44. The predicted octanol–water partition coefficient (Wildman–Crippen LogP) is -1.26. The van der Waals surface area contributed by atoms with Gasteiger partial charge in [0, 0.05) is 21.0 Å². The van der Waals surface area contributed by atoms with Gasteiger partial charge in [0.2, 0.25) is 0 Å². The Hall–Kier alpha value is -0.750. The van der Waals surface area contributed by atoms with Crippen LogP contribution in [0.1, 0.15) is 0 Å². The molecule has 7 nitrogen and oxygen atoms in total. The van der Waals surface area contributed by atoms with Crippen molar-refractivity contribution in [2.45, 2.75) is 0 Å². The van der Waals surface area contributed by atoms with Crippen LogP contribution >= 0.6 is 7.82 Å². The average molecular weight is 211 g/mol. The second kappa shape index (κ2) is 5.82. The van der Waals surface area contributed by atoms with E-state index in [9.17, 15) is 9.46 Å². The van der Waals surface area contributed by atoms with Gasteiger partial charge < -0.3 is 24.9 Å². The van der Waals surface area contributed by atoms with Crippen LogP contribution in [0.25, 0.3) is 0 Å². The molecule has 0 bridgehead atoms. The third kappa shape index (κ3) is 9.16. The van der Waals surface area contributed by atoms with E-state index in [-0.39, 0.29) is 26.5 Å². The van der Waals surface area contributed by atoms with Crippen LogP contribution in [-0.2, 0) is 9.09 Å². The molecule has 0 aromatic heterocycles. The number of phosphoric ester groups is 1. The van der Waals surface area contributed by atoms with E-state index in [1.54, 1.807) is 0 Å². The number of nitrogens with one attached hydrogen (secondary N) is 1. The molecule has 0 amide bonds. The van der Waals surface area contributed by atoms with Crippen molar-refractivity contribution in [3.8, 4) is 0 Å². The first-order valence-corrected chi connectivity index (χ1v) is 4.56. The molecule has 1 unspecified atom stereocenters. The molecule has 0 saturated carbocycles. The molecular formula is C5H14N3O4P. The SMILES string of the molecule is CN(CCOP(=O)([O-])O)C(=N)N.[CH3+]. The summed E-state index contributed by atoms with van der Waals surface area (Å²) in [6, 6.07) is 0. The Labute approximate surface area is 77.2 Å². The number of nitrogens with two attached hydrogens (primary N) is 1. The van der Waals surface area contributed by atoms with Crippen molar-refractivity contribution >= 4 is 13.8 Å². The van der Waals surface area contributed by atoms with E-state index in [0.717, 1.165) is 0 Å². The number of likely N-dealkylation sites (N-methyl/N-ethyl adjacent to an activating group) is 1. The predicted molar refractivity (Wildman–Crippen MR) is 46.7 cm³/mol. The van der Waals surface area contributed by atoms with Crippen molar-refractivity contribution in [3.05, 3.63) is 7.43 Å². The fourth-order valence-electron chi connectivity index (χ4n) is 0.414. The van der Waals surface area contributed by atoms with Gasteiger partial charge in [-0.25, -0.2) is 0 Å². The molecule has 4 N–H and O–H groups in total. The zero-order chi connectivity index (χ0) is 9.78. The van der Waals surface area contributed by atoms with Crippen LogP contribution in [0.2, 0.25) is 0 Å². The summed E-state index contributed by atoms with van der Waals surface area (Å²) in [6.45, 7) is -0.102. The summed E-state index contributed by atoms with van der Waals surface area (Å²) >= 11 is 0. The van der Waals surface area contributed by atoms with Crippen molar-refractivity contribution in [2.75, 3.05) is 20.2 Å². The highest BCUT2D eigenvalue weighted by Gasteiger charge is 2.03. The van der Waals surface area contributed by atoms with Crippen molar-refractivity contribution in [2.24, 2.45) is 5.73 Å². The molecule has 0 aliphatic heterocycles. The Bertz CT molecular complexity index is 204. The van der Waals surface area contributed by atoms with Gasteiger partial charge in [0.1, 0.15) is 0 Å². The third-order valence-electron chi connectivity index (χ3n) is 1.09. The summed E-state index contributed by atoms with van der Waals surface area (Å²) in [5.74, 6) is -0.197. The zero-order valence-corrected chi connectivity index (χ0v) is 8.45. The summed E-state index contributed by atoms with van der Waals surface area (Å²) in [5, 5.41) is 6.87. The Morgan fingerprint density at radius 2 is 2.31 bits per heavy atom. The van der Waals surface area contributed by atoms with Gasteiger partial charge in [-0.3, -0.25) is 9.97 Å². The third-order valence-corrected chi connectivity index (χ3v) is 1.60. The molecule has 0 aliphatic rings. The molecule has 0 saturated heterocycles. The fourth-order valence-corrected chi connectivity index (χ4v) is 0.726. The van der Waals surface area contributed by atoms with Crippen molar-refractivity contribution in [3.63, 3.8) is 0 Å². The van der Waals surface area contributed by atoms with Gasteiger partial charge in [-0.05, 0) is 0 Å². The summed E-state index contributed by atoms with van der Waals surface area (Å²) in [6.07, 6.45) is 0. The Morgan fingerprint density at radius 3 is 2.62 bits per heavy atom. The largest absolute Gasteiger partial charge is 0.756 e. The first kappa shape index (κ1) is 14.8. The summed E-state index contributed by atoms with van der Waals surface area (Å²) in [5.41, 5.74) is 5.03. The molecular weight excluding hydrogens is 197 g/mol. The maximum Gasteiger partial charge on any atom is 0.265 e. The number of rotatable bonds is 4. The van der Waals surface area contributed by atoms with E-state index in [1.165, 1.54) is 11.9 Å². The Morgan fingerprint density at radius 1 is 1.85 bits per heavy atom. The van der Waals surface area contributed by atoms with Gasteiger partial charge in [0.15, 0.2) is 5.96 Å². The second-order valence-electron chi connectivity index (χ2n) is 2.11. The second-order valence-corrected chi connectivity index (χ2v) is 3.30. The molecule has 0 aromatic carbocycles. The van der Waals surface area contributed by atoms with Crippen molar-refractivity contribution in [1.29, 1.82) is 5.41 Å². The molecule has 0 heterocycles. The molecule has 0 rings (SSSR count). The topological polar surface area (TPSA) is 123 Å². The minimum Gasteiger partial charge on any atom is -0.756 e. The first-order valence-electron chi connectivity index (χ1n) is 3.06.